The summed E-state index contributed by atoms with van der Waals surface area (Å²) in [7, 11) is 4.21. The Kier molecular flexibility index (Phi) is 13.1. The first kappa shape index (κ1) is 48.0. The minimum Gasteiger partial charge on any atom is -0.456 e. The topological polar surface area (TPSA) is 236 Å². The van der Waals surface area contributed by atoms with Crippen molar-refractivity contribution in [2.45, 2.75) is 128 Å². The van der Waals surface area contributed by atoms with E-state index >= 15 is 4.79 Å². The SMILES string of the molecule is CO[C@H]1C(=O)[C@]2(C)[C@@H](OC(=O)N(C)C)C[C@H]3OC[C@@]3(OC(C)=O)[C@H]2[C@H](OC(=O)c2ccccc2)[C@]2(O)C[C@H](OC(=O)[C@H](O)[C@@H](NC(=O)OC(C)(C)C)c3ccccn3)C(C)=C1C2(C)C. The first-order valence-electron chi connectivity index (χ1n) is 21.1. The number of nitrogens with zero attached hydrogens (tertiary/aromatic N) is 2. The van der Waals surface area contributed by atoms with Gasteiger partial charge in [-0.3, -0.25) is 14.6 Å². The maximum absolute atomic E-state index is 15.8. The highest BCUT2D eigenvalue weighted by molar-refractivity contribution is 5.94. The van der Waals surface area contributed by atoms with Crippen LogP contribution in [0.1, 0.15) is 90.3 Å². The van der Waals surface area contributed by atoms with Crippen LogP contribution in [0.4, 0.5) is 9.59 Å². The highest BCUT2D eigenvalue weighted by Gasteiger charge is 2.79. The number of hydrogen-bond acceptors (Lipinski definition) is 16. The highest BCUT2D eigenvalue weighted by Crippen LogP contribution is 2.65. The van der Waals surface area contributed by atoms with Crippen molar-refractivity contribution in [3.8, 4) is 0 Å². The maximum Gasteiger partial charge on any atom is 0.409 e. The van der Waals surface area contributed by atoms with E-state index in [0.29, 0.717) is 0 Å². The van der Waals surface area contributed by atoms with Gasteiger partial charge in [0.2, 0.25) is 0 Å². The summed E-state index contributed by atoms with van der Waals surface area (Å²) in [6.45, 7) is 12.2. The van der Waals surface area contributed by atoms with Gasteiger partial charge >= 0.3 is 30.1 Å². The number of aliphatic hydroxyl groups excluding tert-OH is 1. The monoisotopic (exact) mass is 893 g/mol. The van der Waals surface area contributed by atoms with Crippen molar-refractivity contribution in [2.75, 3.05) is 27.8 Å². The van der Waals surface area contributed by atoms with E-state index in [1.807, 2.05) is 0 Å². The number of alkyl carbamates (subject to hydrolysis) is 1. The van der Waals surface area contributed by atoms with E-state index in [9.17, 15) is 34.2 Å². The first-order valence-corrected chi connectivity index (χ1v) is 21.1. The smallest absolute Gasteiger partial charge is 0.409 e. The number of amides is 2. The molecule has 1 aromatic carbocycles. The number of nitrogens with one attached hydrogen (secondary N) is 1. The zero-order chi connectivity index (χ0) is 47.3. The molecular formula is C46H59N3O15. The number of aromatic nitrogens is 1. The van der Waals surface area contributed by atoms with Gasteiger partial charge in [0.25, 0.3) is 0 Å². The van der Waals surface area contributed by atoms with E-state index in [-0.39, 0.29) is 35.4 Å². The van der Waals surface area contributed by atoms with E-state index in [1.54, 1.807) is 71.9 Å². The van der Waals surface area contributed by atoms with Gasteiger partial charge in [0.1, 0.15) is 47.8 Å². The molecular weight excluding hydrogens is 835 g/mol. The number of rotatable bonds is 10. The number of hydrogen-bond donors (Lipinski definition) is 3. The largest absolute Gasteiger partial charge is 0.456 e. The Balaban J connectivity index is 1.55. The maximum atomic E-state index is 15.8. The lowest BCUT2D eigenvalue weighted by atomic mass is 9.44. The fraction of sp³-hybridized carbons (Fsp3) is 0.587. The predicted molar refractivity (Wildman–Crippen MR) is 224 cm³/mol. The van der Waals surface area contributed by atoms with Crippen LogP contribution in [0, 0.1) is 16.7 Å². The fourth-order valence-electron chi connectivity index (χ4n) is 10.00. The summed E-state index contributed by atoms with van der Waals surface area (Å²) < 4.78 is 42.4. The molecule has 64 heavy (non-hydrogen) atoms. The van der Waals surface area contributed by atoms with Crippen LogP contribution < -0.4 is 5.32 Å². The van der Waals surface area contributed by atoms with Gasteiger partial charge in [0, 0.05) is 52.6 Å². The molecule has 1 saturated heterocycles. The van der Waals surface area contributed by atoms with Gasteiger partial charge in [0.15, 0.2) is 17.5 Å². The van der Waals surface area contributed by atoms with Gasteiger partial charge in [0.05, 0.1) is 29.2 Å². The number of carbonyl (C=O) groups is 6. The highest BCUT2D eigenvalue weighted by atomic mass is 16.6. The number of carbonyl (C=O) groups excluding carboxylic acids is 6. The molecule has 2 amide bonds. The lowest BCUT2D eigenvalue weighted by Crippen LogP contribution is -2.82. The van der Waals surface area contributed by atoms with Crippen molar-refractivity contribution in [1.29, 1.82) is 0 Å². The van der Waals surface area contributed by atoms with Crippen molar-refractivity contribution in [2.24, 2.45) is 16.7 Å². The molecule has 6 rings (SSSR count). The van der Waals surface area contributed by atoms with E-state index in [4.69, 9.17) is 33.2 Å². The Morgan fingerprint density at radius 2 is 1.64 bits per heavy atom. The van der Waals surface area contributed by atoms with Gasteiger partial charge in [-0.2, -0.15) is 0 Å². The van der Waals surface area contributed by atoms with Crippen LogP contribution in [0.2, 0.25) is 0 Å². The fourth-order valence-corrected chi connectivity index (χ4v) is 10.00. The number of pyridine rings is 1. The summed E-state index contributed by atoms with van der Waals surface area (Å²) >= 11 is 0. The van der Waals surface area contributed by atoms with Crippen LogP contribution >= 0.6 is 0 Å². The number of benzene rings is 1. The molecule has 3 aliphatic carbocycles. The van der Waals surface area contributed by atoms with Gasteiger partial charge in [-0.25, -0.2) is 19.2 Å². The zero-order valence-corrected chi connectivity index (χ0v) is 38.0. The van der Waals surface area contributed by atoms with E-state index in [1.165, 1.54) is 64.3 Å². The van der Waals surface area contributed by atoms with Crippen LogP contribution in [0.5, 0.6) is 0 Å². The lowest BCUT2D eigenvalue weighted by molar-refractivity contribution is -0.345. The van der Waals surface area contributed by atoms with Gasteiger partial charge in [-0.1, -0.05) is 38.1 Å². The molecule has 2 bridgehead atoms. The average molecular weight is 894 g/mol. The Hall–Kier alpha value is -5.43. The third-order valence-corrected chi connectivity index (χ3v) is 13.2. The Morgan fingerprint density at radius 1 is 0.984 bits per heavy atom. The number of fused-ring (bicyclic) bond motifs is 5. The number of Topliss-reactive ketones (excluding diaryl/α,β-unsaturated/α-hetero) is 1. The van der Waals surface area contributed by atoms with Gasteiger partial charge < -0.3 is 53.6 Å². The van der Waals surface area contributed by atoms with Crippen molar-refractivity contribution in [1.82, 2.24) is 15.2 Å². The standard InChI is InChI=1S/C46H59N3O15/c1-24-28(60-39(54)33(51)32(27-19-15-16-20-47-27)48-40(55)64-42(3,4)5)22-46(57)37(62-38(53)26-17-13-12-14-18-26)35-44(8,36(52)34(58-11)31(24)43(46,6)7)29(61-41(56)49(9)10)21-30-45(35,23-59-30)63-25(2)50/h12-20,28-30,32-35,37,51,57H,21-23H2,1-11H3,(H,48,55)/t28-,29-,30+,32-,33+,34+,35-,37-,44+,45-,46+/m0/s1. The molecule has 0 radical (unpaired) electrons. The zero-order valence-electron chi connectivity index (χ0n) is 38.0. The second-order valence-electron chi connectivity index (χ2n) is 18.9. The number of methoxy groups -OCH3 is 1. The molecule has 1 aromatic heterocycles. The number of ketones is 1. The molecule has 2 heterocycles. The summed E-state index contributed by atoms with van der Waals surface area (Å²) in [5, 5.41) is 28.0. The van der Waals surface area contributed by atoms with Crippen LogP contribution in [0.3, 0.4) is 0 Å². The van der Waals surface area contributed by atoms with Crippen LogP contribution in [-0.4, -0.2) is 137 Å². The molecule has 1 aliphatic heterocycles. The third kappa shape index (κ3) is 8.36. The summed E-state index contributed by atoms with van der Waals surface area (Å²) in [5.41, 5.74) is -7.96. The number of aliphatic hydroxyl groups is 2. The lowest BCUT2D eigenvalue weighted by Gasteiger charge is -2.67. The second kappa shape index (κ2) is 17.5. The molecule has 0 spiro atoms. The molecule has 18 nitrogen and oxygen atoms in total. The Labute approximate surface area is 371 Å². The molecule has 4 aliphatic rings. The summed E-state index contributed by atoms with van der Waals surface area (Å²) in [4.78, 5) is 89.5. The molecule has 18 heteroatoms. The molecule has 2 aromatic rings. The molecule has 11 atom stereocenters. The van der Waals surface area contributed by atoms with E-state index < -0.39 is 119 Å². The summed E-state index contributed by atoms with van der Waals surface area (Å²) in [6, 6.07) is 11.1. The molecule has 0 unspecified atom stereocenters. The van der Waals surface area contributed by atoms with E-state index in [0.717, 1.165) is 0 Å². The Bertz CT molecular complexity index is 2170. The number of ether oxygens (including phenoxy) is 7. The molecule has 3 fully saturated rings. The summed E-state index contributed by atoms with van der Waals surface area (Å²) in [6.07, 6.45) is -10.2. The van der Waals surface area contributed by atoms with Crippen molar-refractivity contribution in [3.63, 3.8) is 0 Å². The van der Waals surface area contributed by atoms with Crippen LogP contribution in [0.15, 0.2) is 65.9 Å². The normalized spacial score (nSPS) is 31.5. The Morgan fingerprint density at radius 3 is 2.19 bits per heavy atom. The first-order chi connectivity index (χ1) is 29.8. The van der Waals surface area contributed by atoms with Crippen molar-refractivity contribution in [3.05, 3.63) is 77.1 Å². The van der Waals surface area contributed by atoms with Crippen LogP contribution in [-0.2, 0) is 47.5 Å². The number of esters is 3. The molecule has 3 N–H and O–H groups in total. The van der Waals surface area contributed by atoms with Crippen LogP contribution in [0.25, 0.3) is 0 Å². The van der Waals surface area contributed by atoms with Gasteiger partial charge in [-0.15, -0.1) is 0 Å². The van der Waals surface area contributed by atoms with Gasteiger partial charge in [-0.05, 0) is 70.0 Å². The van der Waals surface area contributed by atoms with E-state index in [2.05, 4.69) is 10.3 Å². The third-order valence-electron chi connectivity index (χ3n) is 13.2. The molecule has 348 valence electrons. The summed E-state index contributed by atoms with van der Waals surface area (Å²) in [5.74, 6) is -5.12. The average Bonchev–Trinajstić information content (AvgIpc) is 3.22. The molecule has 2 saturated carbocycles. The predicted octanol–water partition coefficient (Wildman–Crippen LogP) is 4.01. The van der Waals surface area contributed by atoms with Crippen molar-refractivity contribution < 1.29 is 72.1 Å². The van der Waals surface area contributed by atoms with Crippen molar-refractivity contribution >= 4 is 35.9 Å². The quantitative estimate of drug-likeness (QED) is 0.174. The minimum absolute atomic E-state index is 0.0787. The second-order valence-corrected chi connectivity index (χ2v) is 18.9. The minimum atomic E-state index is -2.35.